The molecule has 0 spiro atoms. The molecule has 1 unspecified atom stereocenters. The second-order valence-corrected chi connectivity index (χ2v) is 13.6. The molecule has 0 N–H and O–H groups in total. The molecule has 0 bridgehead atoms. The predicted molar refractivity (Wildman–Crippen MR) is 187 cm³/mol. The van der Waals surface area contributed by atoms with Gasteiger partial charge >= 0.3 is 8.60 Å². The van der Waals surface area contributed by atoms with Gasteiger partial charge in [-0.25, -0.2) is 0 Å². The highest BCUT2D eigenvalue weighted by atomic mass is 31.2. The Hall–Kier alpha value is -4.04. The summed E-state index contributed by atoms with van der Waals surface area (Å²) < 4.78 is 32.7. The summed E-state index contributed by atoms with van der Waals surface area (Å²) in [6.45, 7) is 16.4. The molecule has 0 radical (unpaired) electrons. The second-order valence-electron chi connectivity index (χ2n) is 11.3. The molecule has 0 fully saturated rings. The molecule has 0 aliphatic rings. The molecule has 0 saturated heterocycles. The van der Waals surface area contributed by atoms with Crippen molar-refractivity contribution in [2.75, 3.05) is 6.66 Å². The quantitative estimate of drug-likeness (QED) is 0.135. The zero-order valence-electron chi connectivity index (χ0n) is 27.2. The lowest BCUT2D eigenvalue weighted by Gasteiger charge is -2.24. The molecule has 0 aromatic heterocycles. The summed E-state index contributed by atoms with van der Waals surface area (Å²) in [7, 11) is -3.18. The first-order chi connectivity index (χ1) is 21.6. The average Bonchev–Trinajstić information content (AvgIpc) is 2.99. The molecular weight excluding hydrogens is 598 g/mol. The maximum absolute atomic E-state index is 6.79. The maximum Gasteiger partial charge on any atom is 0.530 e. The van der Waals surface area contributed by atoms with E-state index in [1.807, 2.05) is 100 Å². The van der Waals surface area contributed by atoms with E-state index in [1.54, 1.807) is 0 Å². The molecule has 5 rings (SSSR count). The fraction of sp³-hybridized carbons (Fsp3) is 0.211. The predicted octanol–water partition coefficient (Wildman–Crippen LogP) is 11.7. The zero-order chi connectivity index (χ0) is 32.1. The van der Waals surface area contributed by atoms with E-state index < -0.39 is 17.0 Å². The van der Waals surface area contributed by atoms with Gasteiger partial charge in [0, 0.05) is 17.8 Å². The lowest BCUT2D eigenvalue weighted by atomic mass is 9.95. The molecule has 5 nitrogen and oxygen atoms in total. The highest BCUT2D eigenvalue weighted by Crippen LogP contribution is 2.51. The number of para-hydroxylation sites is 3. The summed E-state index contributed by atoms with van der Waals surface area (Å²) in [5.74, 6) is 3.69. The van der Waals surface area contributed by atoms with Gasteiger partial charge in [-0.1, -0.05) is 66.7 Å². The summed E-state index contributed by atoms with van der Waals surface area (Å²) in [5.41, 5.74) is 9.12. The Labute approximate surface area is 270 Å². The highest BCUT2D eigenvalue weighted by Gasteiger charge is 2.27. The summed E-state index contributed by atoms with van der Waals surface area (Å²) in [6.07, 6.45) is 0. The minimum absolute atomic E-state index is 0.684. The Morgan fingerprint density at radius 2 is 0.778 bits per heavy atom. The minimum atomic E-state index is -1.89. The summed E-state index contributed by atoms with van der Waals surface area (Å²) in [5, 5.41) is 0. The van der Waals surface area contributed by atoms with Gasteiger partial charge in [0.05, 0.1) is 0 Å². The standard InChI is InChI=1S/C38H40O5P2/c1-25-21-30(6)37(42-44(8)39-34-18-12-9-15-27(34)3)32(23-25)33-24-26(2)22-31(7)38(33)43-45(40-35-19-13-10-16-28(35)4)41-36-20-14-11-17-29(36)5/h9-24H,1-8H3. The summed E-state index contributed by atoms with van der Waals surface area (Å²) in [4.78, 5) is 0. The molecule has 0 aliphatic carbocycles. The smallest absolute Gasteiger partial charge is 0.438 e. The van der Waals surface area contributed by atoms with Gasteiger partial charge in [-0.05, 0) is 118 Å². The van der Waals surface area contributed by atoms with Crippen molar-refractivity contribution >= 4 is 17.0 Å². The van der Waals surface area contributed by atoms with Crippen molar-refractivity contribution in [3.05, 3.63) is 136 Å². The molecule has 5 aromatic carbocycles. The van der Waals surface area contributed by atoms with Crippen LogP contribution in [0.2, 0.25) is 0 Å². The van der Waals surface area contributed by atoms with Gasteiger partial charge in [0.15, 0.2) is 0 Å². The van der Waals surface area contributed by atoms with Crippen LogP contribution in [0.3, 0.4) is 0 Å². The number of aryl methyl sites for hydroxylation is 7. The van der Waals surface area contributed by atoms with E-state index in [-0.39, 0.29) is 0 Å². The molecule has 0 aliphatic heterocycles. The second kappa shape index (κ2) is 14.4. The Morgan fingerprint density at radius 1 is 0.400 bits per heavy atom. The van der Waals surface area contributed by atoms with Crippen LogP contribution in [-0.4, -0.2) is 6.66 Å². The number of hydrogen-bond donors (Lipinski definition) is 0. The van der Waals surface area contributed by atoms with E-state index in [1.165, 1.54) is 0 Å². The van der Waals surface area contributed by atoms with Crippen molar-refractivity contribution in [2.24, 2.45) is 0 Å². The molecule has 45 heavy (non-hydrogen) atoms. The SMILES string of the molecule is Cc1cc(C)c(OP(C)Oc2ccccc2C)c(-c2cc(C)cc(C)c2OP(Oc2ccccc2C)Oc2ccccc2C)c1. The molecule has 232 valence electrons. The van der Waals surface area contributed by atoms with E-state index in [2.05, 4.69) is 52.0 Å². The molecule has 0 amide bonds. The van der Waals surface area contributed by atoms with Gasteiger partial charge in [-0.15, -0.1) is 0 Å². The van der Waals surface area contributed by atoms with Crippen molar-refractivity contribution in [1.29, 1.82) is 0 Å². The van der Waals surface area contributed by atoms with Gasteiger partial charge in [-0.2, -0.15) is 0 Å². The third-order valence-electron chi connectivity index (χ3n) is 7.37. The topological polar surface area (TPSA) is 46.2 Å². The van der Waals surface area contributed by atoms with Crippen molar-refractivity contribution in [3.8, 4) is 39.9 Å². The first-order valence-electron chi connectivity index (χ1n) is 14.9. The number of benzene rings is 5. The number of hydrogen-bond acceptors (Lipinski definition) is 5. The highest BCUT2D eigenvalue weighted by molar-refractivity contribution is 7.47. The van der Waals surface area contributed by atoms with Gasteiger partial charge in [0.25, 0.3) is 8.38 Å². The Kier molecular flexibility index (Phi) is 10.3. The number of rotatable bonds is 11. The zero-order valence-corrected chi connectivity index (χ0v) is 29.0. The molecule has 5 aromatic rings. The van der Waals surface area contributed by atoms with Crippen LogP contribution in [0.5, 0.6) is 28.7 Å². The van der Waals surface area contributed by atoms with Crippen LogP contribution in [0.4, 0.5) is 0 Å². The fourth-order valence-corrected chi connectivity index (χ4v) is 7.36. The van der Waals surface area contributed by atoms with Gasteiger partial charge in [0.2, 0.25) is 0 Å². The van der Waals surface area contributed by atoms with Crippen LogP contribution in [0.1, 0.15) is 38.9 Å². The first kappa shape index (κ1) is 32.4. The lowest BCUT2D eigenvalue weighted by molar-refractivity contribution is 0.385. The maximum atomic E-state index is 6.79. The Bertz CT molecular complexity index is 1750. The third kappa shape index (κ3) is 7.98. The summed E-state index contributed by atoms with van der Waals surface area (Å²) >= 11 is 0. The van der Waals surface area contributed by atoms with E-state index >= 15 is 0 Å². The Balaban J connectivity index is 1.56. The molecule has 0 heterocycles. The Morgan fingerprint density at radius 3 is 1.20 bits per heavy atom. The normalized spacial score (nSPS) is 11.7. The van der Waals surface area contributed by atoms with Gasteiger partial charge in [-0.3, -0.25) is 0 Å². The van der Waals surface area contributed by atoms with Crippen LogP contribution < -0.4 is 22.6 Å². The first-order valence-corrected chi connectivity index (χ1v) is 17.6. The lowest BCUT2D eigenvalue weighted by Crippen LogP contribution is -2.06. The van der Waals surface area contributed by atoms with Crippen LogP contribution >= 0.6 is 17.0 Å². The minimum Gasteiger partial charge on any atom is -0.438 e. The molecule has 7 heteroatoms. The third-order valence-corrected chi connectivity index (χ3v) is 9.28. The molecule has 0 saturated carbocycles. The van der Waals surface area contributed by atoms with E-state index in [0.29, 0.717) is 17.2 Å². The van der Waals surface area contributed by atoms with E-state index in [4.69, 9.17) is 22.6 Å². The van der Waals surface area contributed by atoms with Crippen LogP contribution in [0.25, 0.3) is 11.1 Å². The average molecular weight is 639 g/mol. The van der Waals surface area contributed by atoms with Crippen LogP contribution in [-0.2, 0) is 0 Å². The molecule has 1 atom stereocenters. The molecular formula is C38H40O5P2. The van der Waals surface area contributed by atoms with Crippen molar-refractivity contribution < 1.29 is 22.6 Å². The largest absolute Gasteiger partial charge is 0.530 e. The fourth-order valence-electron chi connectivity index (χ4n) is 5.10. The van der Waals surface area contributed by atoms with E-state index in [0.717, 1.165) is 61.6 Å². The summed E-state index contributed by atoms with van der Waals surface area (Å²) in [6, 6.07) is 32.3. The van der Waals surface area contributed by atoms with Crippen molar-refractivity contribution in [1.82, 2.24) is 0 Å². The van der Waals surface area contributed by atoms with Gasteiger partial charge < -0.3 is 22.6 Å². The van der Waals surface area contributed by atoms with Crippen LogP contribution in [0, 0.1) is 48.5 Å². The van der Waals surface area contributed by atoms with Gasteiger partial charge in [0.1, 0.15) is 28.7 Å². The van der Waals surface area contributed by atoms with Crippen molar-refractivity contribution in [2.45, 2.75) is 48.5 Å². The van der Waals surface area contributed by atoms with Crippen LogP contribution in [0.15, 0.2) is 97.1 Å². The van der Waals surface area contributed by atoms with Crippen molar-refractivity contribution in [3.63, 3.8) is 0 Å². The monoisotopic (exact) mass is 638 g/mol. The van der Waals surface area contributed by atoms with E-state index in [9.17, 15) is 0 Å².